The summed E-state index contributed by atoms with van der Waals surface area (Å²) in [4.78, 5) is 12.4. The molecule has 0 saturated heterocycles. The predicted molar refractivity (Wildman–Crippen MR) is 123 cm³/mol. The van der Waals surface area contributed by atoms with Gasteiger partial charge in [-0.3, -0.25) is 4.79 Å². The highest BCUT2D eigenvalue weighted by molar-refractivity contribution is 6.73. The first-order valence-corrected chi connectivity index (χ1v) is 14.8. The second-order valence-corrected chi connectivity index (χ2v) is 16.0. The zero-order valence-electron chi connectivity index (χ0n) is 20.2. The number of hydrogen-bond donors (Lipinski definition) is 0. The normalized spacial score (nSPS) is 32.2. The van der Waals surface area contributed by atoms with Gasteiger partial charge >= 0.3 is 0 Å². The van der Waals surface area contributed by atoms with Gasteiger partial charge in [-0.05, 0) is 73.4 Å². The molecule has 164 valence electrons. The third kappa shape index (κ3) is 4.94. The van der Waals surface area contributed by atoms with Crippen LogP contribution >= 0.6 is 0 Å². The molecule has 2 unspecified atom stereocenters. The summed E-state index contributed by atoms with van der Waals surface area (Å²) in [5, 5.41) is 0. The summed E-state index contributed by atoms with van der Waals surface area (Å²) in [6.45, 7) is 18.2. The van der Waals surface area contributed by atoms with Crippen LogP contribution < -0.4 is 0 Å². The molecule has 2 nitrogen and oxygen atoms in total. The Balaban J connectivity index is 2.07. The van der Waals surface area contributed by atoms with Crippen LogP contribution in [0.15, 0.2) is 0 Å². The molecule has 2 fully saturated rings. The fraction of sp³-hybridized carbons (Fsp3) is 0.960. The van der Waals surface area contributed by atoms with E-state index in [-0.39, 0.29) is 5.41 Å². The van der Waals surface area contributed by atoms with E-state index in [0.29, 0.717) is 23.2 Å². The summed E-state index contributed by atoms with van der Waals surface area (Å²) in [6, 6.07) is 3.78. The van der Waals surface area contributed by atoms with Crippen molar-refractivity contribution in [1.29, 1.82) is 0 Å². The molecule has 28 heavy (non-hydrogen) atoms. The number of carbonyl (C=O) groups excluding carboxylic acids is 1. The summed E-state index contributed by atoms with van der Waals surface area (Å²) in [7, 11) is -1.54. The van der Waals surface area contributed by atoms with Crippen LogP contribution in [-0.4, -0.2) is 20.2 Å². The van der Waals surface area contributed by atoms with E-state index in [0.717, 1.165) is 24.7 Å². The maximum absolute atomic E-state index is 12.4. The molecule has 0 amide bonds. The van der Waals surface area contributed by atoms with Crippen LogP contribution in [-0.2, 0) is 9.22 Å². The van der Waals surface area contributed by atoms with E-state index in [1.165, 1.54) is 50.2 Å². The smallest absolute Gasteiger partial charge is 0.192 e. The SMILES string of the molecule is CC[Si](CC)(CC)O[C@H]1CCC[C@@]2(C)C1CC[C@@H]2C(C)CCC(=O)C(C)(C)C. The van der Waals surface area contributed by atoms with Crippen molar-refractivity contribution in [1.82, 2.24) is 0 Å². The molecular formula is C25H48O2Si. The van der Waals surface area contributed by atoms with Gasteiger partial charge < -0.3 is 4.43 Å². The molecule has 0 aromatic rings. The molecule has 0 radical (unpaired) electrons. The van der Waals surface area contributed by atoms with Crippen molar-refractivity contribution in [3.63, 3.8) is 0 Å². The standard InChI is InChI=1S/C25H48O2Si/c1-9-28(10-2,11-3)27-22-13-12-18-25(8)20(15-16-21(22)25)19(4)14-17-23(26)24(5,6)7/h19-22H,9-18H2,1-8H3/t19?,20-,21?,22+,25-/m1/s1. The average Bonchev–Trinajstić information content (AvgIpc) is 3.01. The largest absolute Gasteiger partial charge is 0.414 e. The van der Waals surface area contributed by atoms with Crippen LogP contribution in [0.25, 0.3) is 0 Å². The van der Waals surface area contributed by atoms with E-state index < -0.39 is 8.32 Å². The molecule has 2 saturated carbocycles. The second kappa shape index (κ2) is 9.33. The molecule has 2 aliphatic rings. The van der Waals surface area contributed by atoms with Gasteiger partial charge in [-0.25, -0.2) is 0 Å². The van der Waals surface area contributed by atoms with E-state index in [9.17, 15) is 4.79 Å². The third-order valence-corrected chi connectivity index (χ3v) is 13.5. The molecule has 0 aromatic carbocycles. The van der Waals surface area contributed by atoms with Crippen LogP contribution in [0.2, 0.25) is 18.1 Å². The van der Waals surface area contributed by atoms with Gasteiger partial charge in [0.15, 0.2) is 8.32 Å². The van der Waals surface area contributed by atoms with Crippen molar-refractivity contribution in [2.75, 3.05) is 0 Å². The minimum absolute atomic E-state index is 0.194. The van der Waals surface area contributed by atoms with Crippen LogP contribution in [0, 0.1) is 28.6 Å². The molecule has 5 atom stereocenters. The number of fused-ring (bicyclic) bond motifs is 1. The van der Waals surface area contributed by atoms with Gasteiger partial charge in [0.1, 0.15) is 5.78 Å². The van der Waals surface area contributed by atoms with Crippen LogP contribution in [0.4, 0.5) is 0 Å². The van der Waals surface area contributed by atoms with Crippen molar-refractivity contribution in [3.05, 3.63) is 0 Å². The summed E-state index contributed by atoms with van der Waals surface area (Å²) in [5.41, 5.74) is 0.225. The number of hydrogen-bond acceptors (Lipinski definition) is 2. The number of Topliss-reactive ketones (excluding diaryl/α,β-unsaturated/α-hetero) is 1. The third-order valence-electron chi connectivity index (χ3n) is 8.82. The lowest BCUT2D eigenvalue weighted by Gasteiger charge is -2.49. The van der Waals surface area contributed by atoms with Crippen molar-refractivity contribution in [2.24, 2.45) is 28.6 Å². The zero-order chi connectivity index (χ0) is 21.2. The molecular weight excluding hydrogens is 360 g/mol. The molecule has 0 spiro atoms. The fourth-order valence-electron chi connectivity index (χ4n) is 6.49. The fourth-order valence-corrected chi connectivity index (χ4v) is 9.42. The van der Waals surface area contributed by atoms with Gasteiger partial charge in [-0.15, -0.1) is 0 Å². The van der Waals surface area contributed by atoms with E-state index in [1.807, 2.05) is 0 Å². The van der Waals surface area contributed by atoms with Gasteiger partial charge in [-0.1, -0.05) is 61.8 Å². The van der Waals surface area contributed by atoms with Gasteiger partial charge in [0.05, 0.1) is 0 Å². The van der Waals surface area contributed by atoms with Crippen LogP contribution in [0.3, 0.4) is 0 Å². The van der Waals surface area contributed by atoms with Crippen molar-refractivity contribution in [2.45, 2.75) is 125 Å². The molecule has 0 bridgehead atoms. The Morgan fingerprint density at radius 2 is 1.71 bits per heavy atom. The van der Waals surface area contributed by atoms with Gasteiger partial charge in [-0.2, -0.15) is 0 Å². The predicted octanol–water partition coefficient (Wildman–Crippen LogP) is 7.62. The topological polar surface area (TPSA) is 26.3 Å². The number of rotatable bonds is 9. The Kier molecular flexibility index (Phi) is 8.04. The van der Waals surface area contributed by atoms with Crippen LogP contribution in [0.5, 0.6) is 0 Å². The Bertz CT molecular complexity index is 511. The van der Waals surface area contributed by atoms with Crippen LogP contribution in [0.1, 0.15) is 100 Å². The first-order valence-electron chi connectivity index (χ1n) is 12.2. The minimum atomic E-state index is -1.54. The Hall–Kier alpha value is -0.153. The molecule has 3 heteroatoms. The van der Waals surface area contributed by atoms with E-state index >= 15 is 0 Å². The highest BCUT2D eigenvalue weighted by Gasteiger charge is 2.53. The molecule has 0 aromatic heterocycles. The van der Waals surface area contributed by atoms with Gasteiger partial charge in [0.2, 0.25) is 0 Å². The first kappa shape index (κ1) is 24.1. The summed E-state index contributed by atoms with van der Waals surface area (Å²) >= 11 is 0. The summed E-state index contributed by atoms with van der Waals surface area (Å²) < 4.78 is 7.06. The van der Waals surface area contributed by atoms with E-state index in [2.05, 4.69) is 55.4 Å². The lowest BCUT2D eigenvalue weighted by atomic mass is 9.61. The Morgan fingerprint density at radius 3 is 2.25 bits per heavy atom. The lowest BCUT2D eigenvalue weighted by Crippen LogP contribution is -2.48. The number of ketones is 1. The Morgan fingerprint density at radius 1 is 1.11 bits per heavy atom. The van der Waals surface area contributed by atoms with Gasteiger partial charge in [0, 0.05) is 17.9 Å². The quantitative estimate of drug-likeness (QED) is 0.367. The van der Waals surface area contributed by atoms with Crippen molar-refractivity contribution >= 4 is 14.1 Å². The maximum Gasteiger partial charge on any atom is 0.192 e. The summed E-state index contributed by atoms with van der Waals surface area (Å²) in [6.07, 6.45) is 8.95. The molecule has 0 N–H and O–H groups in total. The molecule has 2 rings (SSSR count). The maximum atomic E-state index is 12.4. The average molecular weight is 409 g/mol. The molecule has 0 heterocycles. The van der Waals surface area contributed by atoms with E-state index in [4.69, 9.17) is 4.43 Å². The highest BCUT2D eigenvalue weighted by atomic mass is 28.4. The molecule has 0 aliphatic heterocycles. The lowest BCUT2D eigenvalue weighted by molar-refractivity contribution is -0.126. The number of carbonyl (C=O) groups is 1. The summed E-state index contributed by atoms with van der Waals surface area (Å²) in [5.74, 6) is 2.57. The zero-order valence-corrected chi connectivity index (χ0v) is 21.2. The first-order chi connectivity index (χ1) is 13.0. The minimum Gasteiger partial charge on any atom is -0.414 e. The van der Waals surface area contributed by atoms with E-state index in [1.54, 1.807) is 0 Å². The highest BCUT2D eigenvalue weighted by Crippen LogP contribution is 2.59. The van der Waals surface area contributed by atoms with Crippen molar-refractivity contribution < 1.29 is 9.22 Å². The molecule has 2 aliphatic carbocycles. The Labute approximate surface area is 176 Å². The monoisotopic (exact) mass is 408 g/mol. The van der Waals surface area contributed by atoms with Crippen molar-refractivity contribution in [3.8, 4) is 0 Å². The second-order valence-electron chi connectivity index (χ2n) is 11.3. The van der Waals surface area contributed by atoms with Gasteiger partial charge in [0.25, 0.3) is 0 Å².